The largest absolute Gasteiger partial charge is 0.493 e. The predicted molar refractivity (Wildman–Crippen MR) is 173 cm³/mol. The molecule has 0 saturated carbocycles. The van der Waals surface area contributed by atoms with E-state index in [2.05, 4.69) is 0 Å². The van der Waals surface area contributed by atoms with E-state index in [-0.39, 0.29) is 6.42 Å². The maximum atomic E-state index is 11.9. The van der Waals surface area contributed by atoms with Gasteiger partial charge < -0.3 is 19.7 Å². The van der Waals surface area contributed by atoms with Crippen LogP contribution in [0.1, 0.15) is 43.0 Å². The Bertz CT molecular complexity index is 1860. The number of carboxylic acid groups (broad SMARTS) is 1. The SMILES string of the molecule is CC(C)(C)O.Cc1cc2nc(OCc3ccc(S(C)=O)cc3)ccc2c(-c2ccc3c4c(ccnc24)CCO3)c1CC(=O)O. The molecule has 1 aliphatic rings. The van der Waals surface area contributed by atoms with Gasteiger partial charge in [0.05, 0.1) is 29.7 Å². The number of carbonyl (C=O) groups is 1. The van der Waals surface area contributed by atoms with Crippen molar-refractivity contribution in [2.75, 3.05) is 12.9 Å². The number of fused-ring (bicyclic) bond motifs is 1. The third-order valence-electron chi connectivity index (χ3n) is 7.11. The first-order chi connectivity index (χ1) is 20.9. The van der Waals surface area contributed by atoms with E-state index in [0.29, 0.717) is 24.6 Å². The molecule has 1 atom stereocenters. The molecule has 6 rings (SSSR count). The van der Waals surface area contributed by atoms with Crippen molar-refractivity contribution in [3.05, 3.63) is 89.1 Å². The second-order valence-corrected chi connectivity index (χ2v) is 13.2. The normalized spacial score (nSPS) is 13.1. The Morgan fingerprint density at radius 2 is 1.80 bits per heavy atom. The molecule has 228 valence electrons. The number of carboxylic acids is 1. The Hall–Kier alpha value is -4.34. The molecule has 2 aromatic heterocycles. The number of aryl methyl sites for hydroxylation is 1. The number of nitrogens with zero attached hydrogens (tertiary/aromatic N) is 2. The monoisotopic (exact) mass is 612 g/mol. The third-order valence-corrected chi connectivity index (χ3v) is 8.04. The van der Waals surface area contributed by atoms with Crippen LogP contribution in [0.3, 0.4) is 0 Å². The van der Waals surface area contributed by atoms with Crippen LogP contribution in [0.15, 0.2) is 71.8 Å². The zero-order valence-electron chi connectivity index (χ0n) is 25.5. The lowest BCUT2D eigenvalue weighted by molar-refractivity contribution is -0.136. The first kappa shape index (κ1) is 31.1. The number of ether oxygens (including phenoxy) is 2. The van der Waals surface area contributed by atoms with Crippen LogP contribution in [0.25, 0.3) is 32.9 Å². The molecular formula is C35H36N2O6S. The zero-order chi connectivity index (χ0) is 31.6. The van der Waals surface area contributed by atoms with Crippen LogP contribution < -0.4 is 9.47 Å². The van der Waals surface area contributed by atoms with Gasteiger partial charge in [-0.05, 0) is 98.0 Å². The lowest BCUT2D eigenvalue weighted by Gasteiger charge is -2.21. The average Bonchev–Trinajstić information content (AvgIpc) is 2.96. The Morgan fingerprint density at radius 1 is 1.07 bits per heavy atom. The molecular weight excluding hydrogens is 576 g/mol. The number of aliphatic hydroxyl groups is 1. The third kappa shape index (κ3) is 7.06. The minimum Gasteiger partial charge on any atom is -0.493 e. The van der Waals surface area contributed by atoms with Crippen molar-refractivity contribution in [3.63, 3.8) is 0 Å². The zero-order valence-corrected chi connectivity index (χ0v) is 26.3. The lowest BCUT2D eigenvalue weighted by Crippen LogP contribution is -2.10. The summed E-state index contributed by atoms with van der Waals surface area (Å²) in [5.74, 6) is 0.362. The second kappa shape index (κ2) is 12.7. The van der Waals surface area contributed by atoms with Gasteiger partial charge in [-0.1, -0.05) is 12.1 Å². The minimum absolute atomic E-state index is 0.118. The van der Waals surface area contributed by atoms with E-state index in [1.165, 1.54) is 5.56 Å². The topological polar surface area (TPSA) is 119 Å². The van der Waals surface area contributed by atoms with Gasteiger partial charge in [-0.25, -0.2) is 4.98 Å². The Morgan fingerprint density at radius 3 is 2.48 bits per heavy atom. The highest BCUT2D eigenvalue weighted by Crippen LogP contribution is 2.42. The van der Waals surface area contributed by atoms with Crippen LogP contribution in [0.2, 0.25) is 0 Å². The van der Waals surface area contributed by atoms with Crippen LogP contribution in [-0.4, -0.2) is 48.8 Å². The number of hydrogen-bond acceptors (Lipinski definition) is 7. The number of aromatic nitrogens is 2. The van der Waals surface area contributed by atoms with Crippen LogP contribution in [0, 0.1) is 6.92 Å². The molecule has 0 spiro atoms. The maximum Gasteiger partial charge on any atom is 0.307 e. The molecule has 0 saturated heterocycles. The summed E-state index contributed by atoms with van der Waals surface area (Å²) in [6.07, 6.45) is 4.14. The number of benzene rings is 3. The molecule has 44 heavy (non-hydrogen) atoms. The van der Waals surface area contributed by atoms with Crippen molar-refractivity contribution in [1.29, 1.82) is 0 Å². The molecule has 3 aromatic carbocycles. The summed E-state index contributed by atoms with van der Waals surface area (Å²) in [7, 11) is -1.03. The summed E-state index contributed by atoms with van der Waals surface area (Å²) in [4.78, 5) is 22.2. The van der Waals surface area contributed by atoms with E-state index in [1.807, 2.05) is 67.6 Å². The molecule has 1 aliphatic heterocycles. The van der Waals surface area contributed by atoms with Crippen LogP contribution in [0.5, 0.6) is 11.6 Å². The van der Waals surface area contributed by atoms with Crippen LogP contribution >= 0.6 is 0 Å². The number of rotatable bonds is 7. The molecule has 0 fully saturated rings. The Labute approximate surface area is 259 Å². The fraction of sp³-hybridized carbons (Fsp3) is 0.286. The Balaban J connectivity index is 0.000000712. The first-order valence-electron chi connectivity index (χ1n) is 14.4. The molecule has 0 aliphatic carbocycles. The van der Waals surface area contributed by atoms with E-state index in [4.69, 9.17) is 24.5 Å². The van der Waals surface area contributed by atoms with Gasteiger partial charge in [-0.2, -0.15) is 0 Å². The van der Waals surface area contributed by atoms with Gasteiger partial charge in [-0.3, -0.25) is 14.0 Å². The summed E-state index contributed by atoms with van der Waals surface area (Å²) in [6.45, 7) is 8.08. The van der Waals surface area contributed by atoms with Crippen molar-refractivity contribution in [2.24, 2.45) is 0 Å². The number of hydrogen-bond donors (Lipinski definition) is 2. The standard InChI is InChI=1S/C31H26N2O5S.C4H10O/c1-18-15-25-22(8-10-27(33-25)38-17-19-3-5-21(6-4-19)39(2)36)30(24(18)16-28(34)35)23-7-9-26-29-20(12-14-37-26)11-13-32-31(23)29;1-4(2,3)5/h3-11,13,15H,12,14,16-17H2,1-2H3,(H,34,35);5H,1-3H3. The molecule has 2 N–H and O–H groups in total. The van der Waals surface area contributed by atoms with Gasteiger partial charge in [0, 0.05) is 57.0 Å². The number of pyridine rings is 2. The van der Waals surface area contributed by atoms with Crippen molar-refractivity contribution >= 4 is 38.6 Å². The van der Waals surface area contributed by atoms with Crippen LogP contribution in [0.4, 0.5) is 0 Å². The van der Waals surface area contributed by atoms with E-state index in [0.717, 1.165) is 61.2 Å². The van der Waals surface area contributed by atoms with Crippen LogP contribution in [-0.2, 0) is 35.0 Å². The van der Waals surface area contributed by atoms with Gasteiger partial charge >= 0.3 is 5.97 Å². The molecule has 0 radical (unpaired) electrons. The highest BCUT2D eigenvalue weighted by molar-refractivity contribution is 7.84. The average molecular weight is 613 g/mol. The van der Waals surface area contributed by atoms with Gasteiger partial charge in [0.2, 0.25) is 5.88 Å². The summed E-state index contributed by atoms with van der Waals surface area (Å²) in [5, 5.41) is 20.1. The van der Waals surface area contributed by atoms with Gasteiger partial charge in [0.25, 0.3) is 0 Å². The minimum atomic E-state index is -1.03. The predicted octanol–water partition coefficient (Wildman–Crippen LogP) is 6.41. The summed E-state index contributed by atoms with van der Waals surface area (Å²) in [6, 6.07) is 19.1. The van der Waals surface area contributed by atoms with Crippen molar-refractivity contribution < 1.29 is 28.7 Å². The molecule has 3 heterocycles. The number of aliphatic carboxylic acids is 1. The van der Waals surface area contributed by atoms with Crippen molar-refractivity contribution in [1.82, 2.24) is 9.97 Å². The molecule has 5 aromatic rings. The summed E-state index contributed by atoms with van der Waals surface area (Å²) >= 11 is 0. The van der Waals surface area contributed by atoms with E-state index in [1.54, 1.807) is 33.2 Å². The quantitative estimate of drug-likeness (QED) is 0.216. The molecule has 0 amide bonds. The smallest absolute Gasteiger partial charge is 0.307 e. The van der Waals surface area contributed by atoms with E-state index >= 15 is 0 Å². The highest BCUT2D eigenvalue weighted by atomic mass is 32.2. The molecule has 9 heteroatoms. The fourth-order valence-corrected chi connectivity index (χ4v) is 5.75. The van der Waals surface area contributed by atoms with Gasteiger partial charge in [0.1, 0.15) is 12.4 Å². The first-order valence-corrected chi connectivity index (χ1v) is 15.9. The molecule has 8 nitrogen and oxygen atoms in total. The fourth-order valence-electron chi connectivity index (χ4n) is 5.23. The van der Waals surface area contributed by atoms with Gasteiger partial charge in [0.15, 0.2) is 0 Å². The lowest BCUT2D eigenvalue weighted by atomic mass is 9.88. The van der Waals surface area contributed by atoms with E-state index in [9.17, 15) is 14.1 Å². The maximum absolute atomic E-state index is 11.9. The van der Waals surface area contributed by atoms with Crippen molar-refractivity contribution in [3.8, 4) is 22.8 Å². The molecule has 0 bridgehead atoms. The Kier molecular flexibility index (Phi) is 8.99. The highest BCUT2D eigenvalue weighted by Gasteiger charge is 2.22. The second-order valence-electron chi connectivity index (χ2n) is 11.8. The molecule has 1 unspecified atom stereocenters. The van der Waals surface area contributed by atoms with E-state index < -0.39 is 22.4 Å². The van der Waals surface area contributed by atoms with Crippen molar-refractivity contribution in [2.45, 2.75) is 57.6 Å². The van der Waals surface area contributed by atoms with Gasteiger partial charge in [-0.15, -0.1) is 0 Å². The summed E-state index contributed by atoms with van der Waals surface area (Å²) in [5.41, 5.74) is 6.36. The summed E-state index contributed by atoms with van der Waals surface area (Å²) < 4.78 is 23.6.